The number of nitrogens with one attached hydrogen (secondary N) is 2. The van der Waals surface area contributed by atoms with E-state index in [0.717, 1.165) is 28.9 Å². The molecule has 2 aromatic heterocycles. The number of ether oxygens (including phenoxy) is 2. The van der Waals surface area contributed by atoms with Gasteiger partial charge in [0.05, 0.1) is 32.0 Å². The quantitative estimate of drug-likeness (QED) is 0.333. The smallest absolute Gasteiger partial charge is 0.319 e. The van der Waals surface area contributed by atoms with Gasteiger partial charge in [0.2, 0.25) is 5.88 Å². The molecule has 2 N–H and O–H groups in total. The molecule has 0 fully saturated rings. The molecule has 0 aliphatic heterocycles. The number of carbonyl (C=O) groups excluding carboxylic acids is 2. The van der Waals surface area contributed by atoms with Gasteiger partial charge in [-0.1, -0.05) is 44.2 Å². The van der Waals surface area contributed by atoms with Crippen LogP contribution in [-0.4, -0.2) is 60.4 Å². The summed E-state index contributed by atoms with van der Waals surface area (Å²) in [6.07, 6.45) is 3.10. The van der Waals surface area contributed by atoms with Gasteiger partial charge in [-0.3, -0.25) is 14.8 Å². The highest BCUT2D eigenvalue weighted by Crippen LogP contribution is 2.23. The molecule has 1 atom stereocenters. The Morgan fingerprint density at radius 3 is 2.46 bits per heavy atom. The number of anilines is 1. The number of methoxy groups -OCH3 is 1. The lowest BCUT2D eigenvalue weighted by atomic mass is 10.1. The van der Waals surface area contributed by atoms with Crippen molar-refractivity contribution in [1.82, 2.24) is 20.1 Å². The lowest BCUT2D eigenvalue weighted by molar-refractivity contribution is -0.142. The monoisotopic (exact) mass is 483 g/mol. The summed E-state index contributed by atoms with van der Waals surface area (Å²) in [5.74, 6) is 1.22. The molecule has 0 aliphatic carbocycles. The van der Waals surface area contributed by atoms with Crippen LogP contribution in [0.3, 0.4) is 0 Å². The highest BCUT2D eigenvalue weighted by molar-refractivity contribution is 5.72. The Hall–Kier alpha value is -3.72. The zero-order valence-electron chi connectivity index (χ0n) is 21.4. The lowest BCUT2D eigenvalue weighted by Gasteiger charge is -2.11. The van der Waals surface area contributed by atoms with Crippen LogP contribution in [0, 0.1) is 0 Å². The molecule has 9 heteroatoms. The van der Waals surface area contributed by atoms with Crippen LogP contribution in [0.15, 0.2) is 54.7 Å². The van der Waals surface area contributed by atoms with Crippen LogP contribution >= 0.6 is 0 Å². The van der Waals surface area contributed by atoms with Crippen molar-refractivity contribution in [2.75, 3.05) is 32.6 Å². The number of aromatic nitrogens is 3. The van der Waals surface area contributed by atoms with E-state index in [1.807, 2.05) is 76.5 Å². The number of rotatable bonds is 10. The van der Waals surface area contributed by atoms with Gasteiger partial charge < -0.3 is 19.6 Å². The molecule has 0 aliphatic rings. The van der Waals surface area contributed by atoms with Crippen molar-refractivity contribution in [3.05, 3.63) is 60.3 Å². The van der Waals surface area contributed by atoms with E-state index < -0.39 is 0 Å². The second kappa shape index (κ2) is 16.8. The van der Waals surface area contributed by atoms with E-state index in [-0.39, 0.29) is 18.6 Å². The zero-order valence-corrected chi connectivity index (χ0v) is 21.4. The Morgan fingerprint density at radius 2 is 1.89 bits per heavy atom. The third kappa shape index (κ3) is 10.4. The van der Waals surface area contributed by atoms with Crippen LogP contribution in [0.25, 0.3) is 11.3 Å². The summed E-state index contributed by atoms with van der Waals surface area (Å²) in [6, 6.07) is 15.0. The van der Waals surface area contributed by atoms with Crippen LogP contribution in [0.5, 0.6) is 5.88 Å². The fourth-order valence-electron chi connectivity index (χ4n) is 2.99. The van der Waals surface area contributed by atoms with Gasteiger partial charge in [0.15, 0.2) is 0 Å². The summed E-state index contributed by atoms with van der Waals surface area (Å²) < 4.78 is 11.6. The lowest BCUT2D eigenvalue weighted by Crippen LogP contribution is -2.37. The second-order valence-corrected chi connectivity index (χ2v) is 6.99. The second-order valence-electron chi connectivity index (χ2n) is 6.99. The van der Waals surface area contributed by atoms with Crippen molar-refractivity contribution >= 4 is 18.1 Å². The molecule has 9 nitrogen and oxygen atoms in total. The molecule has 190 valence electrons. The van der Waals surface area contributed by atoms with E-state index in [4.69, 9.17) is 9.47 Å². The molecule has 2 heterocycles. The number of esters is 1. The maximum atomic E-state index is 11.1. The van der Waals surface area contributed by atoms with Crippen molar-refractivity contribution in [2.24, 2.45) is 7.05 Å². The van der Waals surface area contributed by atoms with Crippen molar-refractivity contribution < 1.29 is 19.1 Å². The summed E-state index contributed by atoms with van der Waals surface area (Å²) in [4.78, 5) is 26.0. The topological polar surface area (TPSA) is 107 Å². The van der Waals surface area contributed by atoms with Crippen LogP contribution in [-0.2, 0) is 27.8 Å². The summed E-state index contributed by atoms with van der Waals surface area (Å²) in [5, 5.41) is 10.3. The first-order chi connectivity index (χ1) is 17.0. The maximum absolute atomic E-state index is 11.1. The number of aldehydes is 1. The Kier molecular flexibility index (Phi) is 14.1. The maximum Gasteiger partial charge on any atom is 0.319 e. The molecule has 1 aromatic carbocycles. The molecular weight excluding hydrogens is 446 g/mol. The molecule has 1 unspecified atom stereocenters. The first-order valence-electron chi connectivity index (χ1n) is 11.6. The number of benzene rings is 1. The van der Waals surface area contributed by atoms with Crippen molar-refractivity contribution in [2.45, 2.75) is 33.2 Å². The van der Waals surface area contributed by atoms with E-state index >= 15 is 0 Å². The minimum Gasteiger partial charge on any atom is -0.481 e. The third-order valence-corrected chi connectivity index (χ3v) is 4.65. The van der Waals surface area contributed by atoms with E-state index in [9.17, 15) is 9.59 Å². The molecule has 0 bridgehead atoms. The van der Waals surface area contributed by atoms with E-state index in [1.54, 1.807) is 24.9 Å². The molecule has 0 spiro atoms. The zero-order chi connectivity index (χ0) is 26.1. The Morgan fingerprint density at radius 1 is 1.17 bits per heavy atom. The minimum absolute atomic E-state index is 0.0596. The molecular formula is C26H37N5O4. The summed E-state index contributed by atoms with van der Waals surface area (Å²) in [7, 11) is 5.37. The number of hydrogen-bond acceptors (Lipinski definition) is 8. The molecule has 35 heavy (non-hydrogen) atoms. The average Bonchev–Trinajstić information content (AvgIpc) is 3.29. The first kappa shape index (κ1) is 29.3. The average molecular weight is 484 g/mol. The van der Waals surface area contributed by atoms with Crippen molar-refractivity contribution in [3.63, 3.8) is 0 Å². The van der Waals surface area contributed by atoms with Gasteiger partial charge in [-0.2, -0.15) is 5.10 Å². The summed E-state index contributed by atoms with van der Waals surface area (Å²) in [6.45, 7) is 6.16. The highest BCUT2D eigenvalue weighted by Gasteiger charge is 2.10. The summed E-state index contributed by atoms with van der Waals surface area (Å²) in [5.41, 5.74) is 2.94. The number of pyridine rings is 1. The molecule has 0 saturated heterocycles. The Bertz CT molecular complexity index is 1010. The minimum atomic E-state index is -0.359. The van der Waals surface area contributed by atoms with Crippen LogP contribution in [0.2, 0.25) is 0 Å². The summed E-state index contributed by atoms with van der Waals surface area (Å²) >= 11 is 0. The Balaban J connectivity index is 0.000000327. The largest absolute Gasteiger partial charge is 0.481 e. The Labute approximate surface area is 207 Å². The van der Waals surface area contributed by atoms with Crippen LogP contribution < -0.4 is 15.4 Å². The highest BCUT2D eigenvalue weighted by atomic mass is 16.5. The number of hydrogen-bond donors (Lipinski definition) is 2. The van der Waals surface area contributed by atoms with Gasteiger partial charge >= 0.3 is 5.97 Å². The van der Waals surface area contributed by atoms with Gasteiger partial charge in [-0.05, 0) is 25.0 Å². The number of aryl methyl sites for hydroxylation is 1. The van der Waals surface area contributed by atoms with Crippen molar-refractivity contribution in [3.8, 4) is 17.1 Å². The molecule has 0 radical (unpaired) electrons. The molecule has 3 rings (SSSR count). The predicted molar refractivity (Wildman–Crippen MR) is 139 cm³/mol. The van der Waals surface area contributed by atoms with Gasteiger partial charge in [-0.25, -0.2) is 4.98 Å². The van der Waals surface area contributed by atoms with Crippen LogP contribution in [0.4, 0.5) is 5.82 Å². The van der Waals surface area contributed by atoms with Gasteiger partial charge in [0.1, 0.15) is 12.1 Å². The van der Waals surface area contributed by atoms with Gasteiger partial charge in [0.25, 0.3) is 0 Å². The van der Waals surface area contributed by atoms with Gasteiger partial charge in [0, 0.05) is 38.0 Å². The standard InChI is InChI=1S/C13H17NO3.C11H14N4O.C2H6/c1-2-17-13(16)9-14-12(10-15)8-11-6-4-3-5-7-11;1-12-10-7-9(14-15(10)2)8-4-5-13-11(6-8)16-3;1-2/h3-7,10,12,14H,2,8-9H2,1H3;4-7,12H,1-3H3;1-2H3. The van der Waals surface area contributed by atoms with E-state index in [1.165, 1.54) is 0 Å². The molecule has 0 amide bonds. The fourth-order valence-corrected chi connectivity index (χ4v) is 2.99. The van der Waals surface area contributed by atoms with Crippen molar-refractivity contribution in [1.29, 1.82) is 0 Å². The number of carbonyl (C=O) groups is 2. The molecule has 0 saturated carbocycles. The first-order valence-corrected chi connectivity index (χ1v) is 11.6. The van der Waals surface area contributed by atoms with E-state index in [0.29, 0.717) is 18.9 Å². The SMILES string of the molecule is CC.CCOC(=O)CNC(C=O)Cc1ccccc1.CNc1cc(-c2ccnc(OC)c2)nn1C. The number of nitrogens with zero attached hydrogens (tertiary/aromatic N) is 3. The van der Waals surface area contributed by atoms with Crippen LogP contribution in [0.1, 0.15) is 26.3 Å². The van der Waals surface area contributed by atoms with E-state index in [2.05, 4.69) is 20.7 Å². The third-order valence-electron chi connectivity index (χ3n) is 4.65. The normalized spacial score (nSPS) is 10.6. The fraction of sp³-hybridized carbons (Fsp3) is 0.385. The van der Waals surface area contributed by atoms with Gasteiger partial charge in [-0.15, -0.1) is 0 Å². The predicted octanol–water partition coefficient (Wildman–Crippen LogP) is 3.51. The molecule has 3 aromatic rings.